The molecule has 0 aliphatic heterocycles. The molecule has 0 fully saturated rings. The Labute approximate surface area is 107 Å². The second kappa shape index (κ2) is 15.6. The van der Waals surface area contributed by atoms with E-state index in [1.165, 1.54) is 0 Å². The Balaban J connectivity index is -0.000000980. The molecule has 0 aromatic heterocycles. The van der Waals surface area contributed by atoms with Crippen LogP contribution in [0.3, 0.4) is 0 Å². The highest BCUT2D eigenvalue weighted by Crippen LogP contribution is 1.74. The first kappa shape index (κ1) is 21.9. The lowest BCUT2D eigenvalue weighted by Crippen LogP contribution is -2.31. The van der Waals surface area contributed by atoms with Gasteiger partial charge in [-0.05, 0) is 0 Å². The molecule has 100 valence electrons. The lowest BCUT2D eigenvalue weighted by Gasteiger charge is -2.06. The number of carbonyl (C=O) groups excluding carboxylic acids is 1. The summed E-state index contributed by atoms with van der Waals surface area (Å²) in [5.74, 6) is 0. The molecule has 0 amide bonds. The molecule has 17 heavy (non-hydrogen) atoms. The van der Waals surface area contributed by atoms with Crippen LogP contribution in [0.5, 0.6) is 0 Å². The summed E-state index contributed by atoms with van der Waals surface area (Å²) < 4.78 is 5.24. The van der Waals surface area contributed by atoms with Crippen LogP contribution < -0.4 is 10.6 Å². The summed E-state index contributed by atoms with van der Waals surface area (Å²) in [7, 11) is 4.93. The minimum Gasteiger partial charge on any atom is -0.449 e. The van der Waals surface area contributed by atoms with Gasteiger partial charge in [0.1, 0.15) is 0 Å². The standard InChI is InChI=1S/C8H18B2N2O3.2CH4/c1-10(14)7-12-3-5-15-4-2-11-6-8(9)13;;/h11-12,14H,2-7H2,1H3;2*1H4. The largest absolute Gasteiger partial charge is 0.449 e. The van der Waals surface area contributed by atoms with Gasteiger partial charge in [-0.2, -0.15) is 0 Å². The Hall–Kier alpha value is -0.360. The third kappa shape index (κ3) is 21.5. The first-order valence-corrected chi connectivity index (χ1v) is 5.08. The Morgan fingerprint density at radius 3 is 2.29 bits per heavy atom. The number of rotatable bonds is 10. The van der Waals surface area contributed by atoms with E-state index in [1.807, 2.05) is 0 Å². The van der Waals surface area contributed by atoms with Crippen LogP contribution >= 0.6 is 0 Å². The molecule has 0 aliphatic carbocycles. The highest BCUT2D eigenvalue weighted by atomic mass is 16.5. The fourth-order valence-electron chi connectivity index (χ4n) is 0.913. The molecule has 0 saturated carbocycles. The van der Waals surface area contributed by atoms with Gasteiger partial charge in [0.2, 0.25) is 0 Å². The molecule has 0 aromatic carbocycles. The first-order valence-electron chi connectivity index (χ1n) is 5.08. The lowest BCUT2D eigenvalue weighted by atomic mass is 9.72. The zero-order valence-electron chi connectivity index (χ0n) is 9.16. The van der Waals surface area contributed by atoms with E-state index in [0.717, 1.165) is 0 Å². The fraction of sp³-hybridized carbons (Fsp3) is 0.900. The minimum absolute atomic E-state index is 0. The molecule has 0 aliphatic rings. The Morgan fingerprint density at radius 1 is 1.29 bits per heavy atom. The van der Waals surface area contributed by atoms with Crippen LogP contribution in [0.1, 0.15) is 14.9 Å². The number of hydrogen-bond acceptors (Lipinski definition) is 5. The molecule has 2 radical (unpaired) electrons. The molecule has 0 heterocycles. The first-order chi connectivity index (χ1) is 7.13. The van der Waals surface area contributed by atoms with Gasteiger partial charge in [0, 0.05) is 26.1 Å². The molecule has 0 atom stereocenters. The molecule has 0 aromatic rings. The summed E-state index contributed by atoms with van der Waals surface area (Å²) in [4.78, 5) is 10.3. The molecule has 0 unspecified atom stereocenters. The predicted molar refractivity (Wildman–Crippen MR) is 74.6 cm³/mol. The van der Waals surface area contributed by atoms with Crippen LogP contribution in [0.15, 0.2) is 0 Å². The van der Waals surface area contributed by atoms with Crippen molar-refractivity contribution in [2.75, 3.05) is 39.3 Å². The highest BCUT2D eigenvalue weighted by Gasteiger charge is 1.99. The van der Waals surface area contributed by atoms with Gasteiger partial charge >= 0.3 is 0 Å². The third-order valence-electron chi connectivity index (χ3n) is 1.59. The van der Waals surface area contributed by atoms with Gasteiger partial charge in [-0.15, -0.1) is 0 Å². The molecule has 0 bridgehead atoms. The average molecular weight is 244 g/mol. The number of hydrogen-bond donors (Lipinski definition) is 3. The summed E-state index contributed by atoms with van der Waals surface area (Å²) in [5, 5.41) is 14.8. The van der Waals surface area contributed by atoms with Gasteiger partial charge in [-0.3, -0.25) is 0 Å². The second-order valence-electron chi connectivity index (χ2n) is 3.31. The Bertz CT molecular complexity index is 172. The lowest BCUT2D eigenvalue weighted by molar-refractivity contribution is -0.111. The normalized spacial score (nSPS) is 9.06. The monoisotopic (exact) mass is 244 g/mol. The molecule has 0 spiro atoms. The average Bonchev–Trinajstić information content (AvgIpc) is 2.14. The predicted octanol–water partition coefficient (Wildman–Crippen LogP) is -0.698. The second-order valence-corrected chi connectivity index (χ2v) is 3.31. The minimum atomic E-state index is -0.367. The number of ether oxygens (including phenoxy) is 1. The molecule has 0 rings (SSSR count). The van der Waals surface area contributed by atoms with E-state index in [-0.39, 0.29) is 34.0 Å². The van der Waals surface area contributed by atoms with E-state index in [4.69, 9.17) is 17.6 Å². The van der Waals surface area contributed by atoms with Gasteiger partial charge in [-0.25, -0.2) is 0 Å². The van der Waals surface area contributed by atoms with E-state index >= 15 is 0 Å². The van der Waals surface area contributed by atoms with Crippen molar-refractivity contribution in [3.8, 4) is 0 Å². The maximum absolute atomic E-state index is 10.3. The summed E-state index contributed by atoms with van der Waals surface area (Å²) in [6, 6.07) is 0. The van der Waals surface area contributed by atoms with Gasteiger partial charge in [-0.1, -0.05) is 21.7 Å². The third-order valence-corrected chi connectivity index (χ3v) is 1.59. The van der Waals surface area contributed by atoms with E-state index in [9.17, 15) is 4.79 Å². The van der Waals surface area contributed by atoms with Gasteiger partial charge in [0.15, 0.2) is 7.85 Å². The highest BCUT2D eigenvalue weighted by molar-refractivity contribution is 6.58. The zero-order chi connectivity index (χ0) is 11.5. The van der Waals surface area contributed by atoms with Gasteiger partial charge < -0.3 is 25.2 Å². The Morgan fingerprint density at radius 2 is 1.82 bits per heavy atom. The zero-order valence-corrected chi connectivity index (χ0v) is 9.16. The van der Waals surface area contributed by atoms with Crippen molar-refractivity contribution in [2.24, 2.45) is 0 Å². The molecule has 5 nitrogen and oxygen atoms in total. The molecule has 3 N–H and O–H groups in total. The topological polar surface area (TPSA) is 70.6 Å². The van der Waals surface area contributed by atoms with Crippen molar-refractivity contribution in [3.05, 3.63) is 0 Å². The van der Waals surface area contributed by atoms with Gasteiger partial charge in [0.05, 0.1) is 18.9 Å². The van der Waals surface area contributed by atoms with Crippen LogP contribution in [0, 0.1) is 0 Å². The van der Waals surface area contributed by atoms with Crippen LogP contribution in [-0.4, -0.2) is 64.8 Å². The summed E-state index contributed by atoms with van der Waals surface area (Å²) in [6.45, 7) is 4.03. The van der Waals surface area contributed by atoms with Crippen molar-refractivity contribution in [1.29, 1.82) is 0 Å². The Kier molecular flexibility index (Phi) is 20.1. The van der Waals surface area contributed by atoms with Crippen LogP contribution in [0.25, 0.3) is 0 Å². The summed E-state index contributed by atoms with van der Waals surface area (Å²) in [5.41, 5.74) is -0.367. The van der Waals surface area contributed by atoms with Crippen molar-refractivity contribution in [2.45, 2.75) is 21.7 Å². The molecule has 0 saturated heterocycles. The molecular weight excluding hydrogens is 218 g/mol. The van der Waals surface area contributed by atoms with Gasteiger partial charge in [0.25, 0.3) is 6.92 Å². The van der Waals surface area contributed by atoms with E-state index in [2.05, 4.69) is 10.6 Å². The SMILES string of the molecule is C.C.[B]C(=O)CNCCOCCNCB(C)O. The van der Waals surface area contributed by atoms with Crippen molar-refractivity contribution >= 4 is 20.4 Å². The van der Waals surface area contributed by atoms with Crippen LogP contribution in [0.2, 0.25) is 6.82 Å². The number of carbonyl (C=O) groups is 1. The maximum atomic E-state index is 10.3. The molecule has 7 heteroatoms. The smallest absolute Gasteiger partial charge is 0.299 e. The van der Waals surface area contributed by atoms with Crippen LogP contribution in [-0.2, 0) is 9.53 Å². The summed E-state index contributed by atoms with van der Waals surface area (Å²) in [6.07, 6.45) is 0.573. The van der Waals surface area contributed by atoms with Crippen molar-refractivity contribution in [1.82, 2.24) is 10.6 Å². The van der Waals surface area contributed by atoms with Crippen molar-refractivity contribution in [3.63, 3.8) is 0 Å². The van der Waals surface area contributed by atoms with E-state index < -0.39 is 0 Å². The van der Waals surface area contributed by atoms with E-state index in [1.54, 1.807) is 6.82 Å². The fourth-order valence-corrected chi connectivity index (χ4v) is 0.913. The quantitative estimate of drug-likeness (QED) is 0.350. The van der Waals surface area contributed by atoms with E-state index in [0.29, 0.717) is 32.7 Å². The molecular formula is C10H26B2N2O3. The van der Waals surface area contributed by atoms with Crippen LogP contribution in [0.4, 0.5) is 0 Å². The number of nitrogens with one attached hydrogen (secondary N) is 2. The van der Waals surface area contributed by atoms with Crippen molar-refractivity contribution < 1.29 is 14.6 Å². The maximum Gasteiger partial charge on any atom is 0.299 e. The summed E-state index contributed by atoms with van der Waals surface area (Å²) >= 11 is 0.